The van der Waals surface area contributed by atoms with E-state index in [2.05, 4.69) is 0 Å². The Balaban J connectivity index is 1.87. The molecule has 1 amide bonds. The van der Waals surface area contributed by atoms with Crippen LogP contribution in [0.2, 0.25) is 0 Å². The lowest BCUT2D eigenvalue weighted by atomic mass is 9.95. The third kappa shape index (κ3) is 3.83. The smallest absolute Gasteiger partial charge is 0.300 e. The van der Waals surface area contributed by atoms with Crippen LogP contribution in [0.25, 0.3) is 5.76 Å². The molecule has 1 N–H and O–H groups in total. The fourth-order valence-corrected chi connectivity index (χ4v) is 3.82. The van der Waals surface area contributed by atoms with E-state index in [1.54, 1.807) is 79.9 Å². The van der Waals surface area contributed by atoms with Gasteiger partial charge in [0, 0.05) is 11.3 Å². The molecule has 3 aromatic carbocycles. The minimum absolute atomic E-state index is 0.0419. The second-order valence-corrected chi connectivity index (χ2v) is 7.24. The van der Waals surface area contributed by atoms with Crippen molar-refractivity contribution < 1.29 is 24.2 Å². The number of ketones is 1. The zero-order valence-corrected chi connectivity index (χ0v) is 17.8. The van der Waals surface area contributed by atoms with Crippen molar-refractivity contribution in [3.8, 4) is 11.5 Å². The highest BCUT2D eigenvalue weighted by molar-refractivity contribution is 6.51. The predicted molar refractivity (Wildman–Crippen MR) is 122 cm³/mol. The van der Waals surface area contributed by atoms with Gasteiger partial charge < -0.3 is 14.6 Å². The summed E-state index contributed by atoms with van der Waals surface area (Å²) in [7, 11) is 1.57. The van der Waals surface area contributed by atoms with Gasteiger partial charge in [0.05, 0.1) is 25.3 Å². The van der Waals surface area contributed by atoms with Crippen LogP contribution in [0.3, 0.4) is 0 Å². The number of aliphatic hydroxyl groups excluding tert-OH is 1. The van der Waals surface area contributed by atoms with Gasteiger partial charge in [-0.25, -0.2) is 0 Å². The highest BCUT2D eigenvalue weighted by Crippen LogP contribution is 2.42. The Labute approximate surface area is 186 Å². The van der Waals surface area contributed by atoms with E-state index in [4.69, 9.17) is 9.47 Å². The van der Waals surface area contributed by atoms with Crippen LogP contribution < -0.4 is 14.4 Å². The van der Waals surface area contributed by atoms with Gasteiger partial charge in [0.2, 0.25) is 0 Å². The number of nitrogens with zero attached hydrogens (tertiary/aromatic N) is 1. The van der Waals surface area contributed by atoms with Crippen LogP contribution in [-0.2, 0) is 9.59 Å². The molecule has 0 spiro atoms. The Hall–Kier alpha value is -4.06. The predicted octanol–water partition coefficient (Wildman–Crippen LogP) is 4.72. The Kier molecular flexibility index (Phi) is 5.94. The first-order chi connectivity index (χ1) is 15.5. The molecule has 6 nitrogen and oxygen atoms in total. The van der Waals surface area contributed by atoms with Crippen molar-refractivity contribution >= 4 is 23.1 Å². The number of carbonyl (C=O) groups excluding carboxylic acids is 2. The van der Waals surface area contributed by atoms with Gasteiger partial charge >= 0.3 is 0 Å². The maximum atomic E-state index is 13.1. The summed E-state index contributed by atoms with van der Waals surface area (Å²) in [6.45, 7) is 2.41. The standard InChI is InChI=1S/C26H23NO5/c1-3-32-21-15-11-19(12-16-21)27-23(17-9-13-20(31-2)14-10-17)22(25(29)26(27)30)24(28)18-7-5-4-6-8-18/h4-16,23,28H,3H2,1-2H3/b24-22+/t23-/m1/s1. The molecule has 6 heteroatoms. The molecule has 4 rings (SSSR count). The van der Waals surface area contributed by atoms with Gasteiger partial charge in [0.25, 0.3) is 11.7 Å². The molecule has 0 bridgehead atoms. The van der Waals surface area contributed by atoms with E-state index in [1.807, 2.05) is 13.0 Å². The van der Waals surface area contributed by atoms with Gasteiger partial charge in [-0.05, 0) is 48.9 Å². The fourth-order valence-electron chi connectivity index (χ4n) is 3.82. The second kappa shape index (κ2) is 8.98. The SMILES string of the molecule is CCOc1ccc(N2C(=O)C(=O)/C(=C(/O)c3ccccc3)[C@H]2c2ccc(OC)cc2)cc1. The Bertz CT molecular complexity index is 1150. The molecular formula is C26H23NO5. The van der Waals surface area contributed by atoms with Crippen LogP contribution in [0.1, 0.15) is 24.1 Å². The molecule has 0 aliphatic carbocycles. The number of anilines is 1. The number of hydrogen-bond acceptors (Lipinski definition) is 5. The summed E-state index contributed by atoms with van der Waals surface area (Å²) in [5, 5.41) is 11.1. The Morgan fingerprint density at radius 1 is 0.906 bits per heavy atom. The molecule has 0 unspecified atom stereocenters. The molecular weight excluding hydrogens is 406 g/mol. The van der Waals surface area contributed by atoms with Crippen molar-refractivity contribution in [1.82, 2.24) is 0 Å². The van der Waals surface area contributed by atoms with Crippen LogP contribution in [0, 0.1) is 0 Å². The van der Waals surface area contributed by atoms with Crippen molar-refractivity contribution in [3.05, 3.63) is 95.6 Å². The van der Waals surface area contributed by atoms with Crippen LogP contribution in [-0.4, -0.2) is 30.5 Å². The summed E-state index contributed by atoms with van der Waals surface area (Å²) < 4.78 is 10.7. The highest BCUT2D eigenvalue weighted by atomic mass is 16.5. The number of amides is 1. The van der Waals surface area contributed by atoms with Crippen molar-refractivity contribution in [2.24, 2.45) is 0 Å². The lowest BCUT2D eigenvalue weighted by molar-refractivity contribution is -0.132. The van der Waals surface area contributed by atoms with E-state index >= 15 is 0 Å². The van der Waals surface area contributed by atoms with Crippen molar-refractivity contribution in [2.75, 3.05) is 18.6 Å². The van der Waals surface area contributed by atoms with E-state index in [0.717, 1.165) is 0 Å². The largest absolute Gasteiger partial charge is 0.507 e. The lowest BCUT2D eigenvalue weighted by Gasteiger charge is -2.25. The number of ether oxygens (including phenoxy) is 2. The van der Waals surface area contributed by atoms with Crippen molar-refractivity contribution in [1.29, 1.82) is 0 Å². The van der Waals surface area contributed by atoms with Gasteiger partial charge in [0.15, 0.2) is 0 Å². The maximum Gasteiger partial charge on any atom is 0.300 e. The number of benzene rings is 3. The fraction of sp³-hybridized carbons (Fsp3) is 0.154. The number of carbonyl (C=O) groups is 2. The summed E-state index contributed by atoms with van der Waals surface area (Å²) in [5.41, 5.74) is 1.72. The molecule has 162 valence electrons. The van der Waals surface area contributed by atoms with Gasteiger partial charge in [0.1, 0.15) is 17.3 Å². The molecule has 1 saturated heterocycles. The Morgan fingerprint density at radius 3 is 2.12 bits per heavy atom. The van der Waals surface area contributed by atoms with E-state index < -0.39 is 17.7 Å². The van der Waals surface area contributed by atoms with Crippen LogP contribution >= 0.6 is 0 Å². The van der Waals surface area contributed by atoms with E-state index in [-0.39, 0.29) is 11.3 Å². The van der Waals surface area contributed by atoms with Crippen LogP contribution in [0.5, 0.6) is 11.5 Å². The van der Waals surface area contributed by atoms with Gasteiger partial charge in [-0.3, -0.25) is 14.5 Å². The summed E-state index contributed by atoms with van der Waals surface area (Å²) in [5.74, 6) is -0.334. The van der Waals surface area contributed by atoms with Gasteiger partial charge in [-0.15, -0.1) is 0 Å². The minimum atomic E-state index is -0.793. The monoisotopic (exact) mass is 429 g/mol. The number of hydrogen-bond donors (Lipinski definition) is 1. The third-order valence-electron chi connectivity index (χ3n) is 5.35. The molecule has 32 heavy (non-hydrogen) atoms. The van der Waals surface area contributed by atoms with Gasteiger partial charge in [-0.2, -0.15) is 0 Å². The maximum absolute atomic E-state index is 13.1. The zero-order chi connectivity index (χ0) is 22.7. The molecule has 1 aliphatic rings. The van der Waals surface area contributed by atoms with Crippen molar-refractivity contribution in [3.63, 3.8) is 0 Å². The molecule has 1 fully saturated rings. The number of rotatable bonds is 6. The van der Waals surface area contributed by atoms with Crippen LogP contribution in [0.4, 0.5) is 5.69 Å². The summed E-state index contributed by atoms with van der Waals surface area (Å²) in [4.78, 5) is 27.7. The highest BCUT2D eigenvalue weighted by Gasteiger charge is 2.46. The summed E-state index contributed by atoms with van der Waals surface area (Å²) >= 11 is 0. The minimum Gasteiger partial charge on any atom is -0.507 e. The molecule has 0 saturated carbocycles. The molecule has 1 atom stereocenters. The van der Waals surface area contributed by atoms with E-state index in [1.165, 1.54) is 4.90 Å². The van der Waals surface area contributed by atoms with Gasteiger partial charge in [-0.1, -0.05) is 42.5 Å². The molecule has 1 aliphatic heterocycles. The first-order valence-electron chi connectivity index (χ1n) is 10.3. The lowest BCUT2D eigenvalue weighted by Crippen LogP contribution is -2.29. The average molecular weight is 429 g/mol. The summed E-state index contributed by atoms with van der Waals surface area (Å²) in [6.07, 6.45) is 0. The quantitative estimate of drug-likeness (QED) is 0.349. The average Bonchev–Trinajstić information content (AvgIpc) is 3.10. The first-order valence-corrected chi connectivity index (χ1v) is 10.3. The topological polar surface area (TPSA) is 76.1 Å². The first kappa shape index (κ1) is 21.2. The zero-order valence-electron chi connectivity index (χ0n) is 17.8. The molecule has 0 radical (unpaired) electrons. The normalized spacial score (nSPS) is 17.4. The molecule has 3 aromatic rings. The molecule has 1 heterocycles. The number of aliphatic hydroxyl groups is 1. The van der Waals surface area contributed by atoms with E-state index in [0.29, 0.717) is 34.9 Å². The second-order valence-electron chi connectivity index (χ2n) is 7.24. The molecule has 0 aromatic heterocycles. The van der Waals surface area contributed by atoms with E-state index in [9.17, 15) is 14.7 Å². The number of methoxy groups -OCH3 is 1. The third-order valence-corrected chi connectivity index (χ3v) is 5.35. The van der Waals surface area contributed by atoms with Crippen LogP contribution in [0.15, 0.2) is 84.4 Å². The van der Waals surface area contributed by atoms with Crippen molar-refractivity contribution in [2.45, 2.75) is 13.0 Å². The number of Topliss-reactive ketones (excluding diaryl/α,β-unsaturated/α-hetero) is 1. The Morgan fingerprint density at radius 2 is 1.53 bits per heavy atom. The summed E-state index contributed by atoms with van der Waals surface area (Å²) in [6, 6.07) is 22.0.